The number of hydrogen-bond donors (Lipinski definition) is 2. The van der Waals surface area contributed by atoms with Crippen LogP contribution in [0.1, 0.15) is 93.9 Å². The third-order valence-corrected chi connectivity index (χ3v) is 3.24. The fraction of sp³-hybridized carbons (Fsp3) is 0.818. The molecule has 0 bridgehead atoms. The van der Waals surface area contributed by atoms with Crippen LogP contribution >= 0.6 is 0 Å². The second kappa shape index (κ2) is 26.9. The van der Waals surface area contributed by atoms with E-state index in [9.17, 15) is 29.4 Å². The summed E-state index contributed by atoms with van der Waals surface area (Å²) in [5.41, 5.74) is 0. The van der Waals surface area contributed by atoms with Crippen molar-refractivity contribution in [2.75, 3.05) is 0 Å². The van der Waals surface area contributed by atoms with Gasteiger partial charge in [0.15, 0.2) is 0 Å². The molecule has 0 aromatic carbocycles. The van der Waals surface area contributed by atoms with E-state index in [1.54, 1.807) is 27.7 Å². The predicted molar refractivity (Wildman–Crippen MR) is 112 cm³/mol. The molecule has 2 atom stereocenters. The van der Waals surface area contributed by atoms with Gasteiger partial charge in [-0.3, -0.25) is 9.59 Å². The van der Waals surface area contributed by atoms with E-state index in [0.717, 1.165) is 25.7 Å². The molecule has 0 aliphatic carbocycles. The average molecular weight is 482 g/mol. The first kappa shape index (κ1) is 40.3. The van der Waals surface area contributed by atoms with Gasteiger partial charge >= 0.3 is 21.7 Å². The van der Waals surface area contributed by atoms with E-state index in [4.69, 9.17) is 10.2 Å². The van der Waals surface area contributed by atoms with Crippen molar-refractivity contribution >= 4 is 23.5 Å². The van der Waals surface area contributed by atoms with Crippen molar-refractivity contribution < 1.29 is 61.3 Å². The van der Waals surface area contributed by atoms with Gasteiger partial charge in [-0.1, -0.05) is 39.5 Å². The number of ketones is 2. The molecule has 0 spiro atoms. The van der Waals surface area contributed by atoms with Gasteiger partial charge in [0.1, 0.15) is 11.6 Å². The minimum absolute atomic E-state index is 0. The summed E-state index contributed by atoms with van der Waals surface area (Å²) in [4.78, 5) is 42.0. The number of aliphatic hydroxyl groups excluding tert-OH is 2. The Morgan fingerprint density at radius 3 is 0.968 bits per heavy atom. The van der Waals surface area contributed by atoms with E-state index in [-0.39, 0.29) is 45.5 Å². The summed E-state index contributed by atoms with van der Waals surface area (Å²) in [6, 6.07) is 0. The SMILES string of the molecule is CC(C)O.CC(C)O.CCCCC(C(C)=O)C(=O)[O-].CCCCC(C(C)=O)C(=O)[O-].[Ti+2]. The Morgan fingerprint density at radius 2 is 0.871 bits per heavy atom. The third-order valence-electron chi connectivity index (χ3n) is 3.24. The molecule has 8 nitrogen and oxygen atoms in total. The second-order valence-corrected chi connectivity index (χ2v) is 7.44. The Kier molecular flexibility index (Phi) is 35.0. The number of carbonyl (C=O) groups is 4. The second-order valence-electron chi connectivity index (χ2n) is 7.44. The van der Waals surface area contributed by atoms with Gasteiger partial charge in [-0.2, -0.15) is 0 Å². The average Bonchev–Trinajstić information content (AvgIpc) is 2.53. The molecule has 9 heteroatoms. The Balaban J connectivity index is -0.000000106. The van der Waals surface area contributed by atoms with Crippen LogP contribution in [0.2, 0.25) is 0 Å². The third kappa shape index (κ3) is 39.9. The van der Waals surface area contributed by atoms with Crippen LogP contribution in [-0.4, -0.2) is 45.9 Å². The first-order chi connectivity index (χ1) is 13.6. The molecule has 0 fully saturated rings. The molecule has 0 radical (unpaired) electrons. The van der Waals surface area contributed by atoms with Crippen molar-refractivity contribution in [2.24, 2.45) is 11.8 Å². The van der Waals surface area contributed by atoms with Gasteiger partial charge in [0.05, 0.1) is 23.8 Å². The zero-order valence-corrected chi connectivity index (χ0v) is 22.0. The molecule has 0 saturated carbocycles. The predicted octanol–water partition coefficient (Wildman–Crippen LogP) is 1.04. The van der Waals surface area contributed by atoms with Gasteiger partial charge in [-0.15, -0.1) is 0 Å². The Bertz CT molecular complexity index is 389. The van der Waals surface area contributed by atoms with Gasteiger partial charge in [-0.05, 0) is 54.4 Å². The number of aliphatic carboxylic acids is 2. The minimum Gasteiger partial charge on any atom is -0.549 e. The van der Waals surface area contributed by atoms with E-state index in [0.29, 0.717) is 12.8 Å². The van der Waals surface area contributed by atoms with E-state index in [2.05, 4.69) is 0 Å². The van der Waals surface area contributed by atoms with Gasteiger partial charge in [0, 0.05) is 12.2 Å². The summed E-state index contributed by atoms with van der Waals surface area (Å²) in [6.45, 7) is 13.4. The largest absolute Gasteiger partial charge is 2.00 e. The minimum atomic E-state index is -1.24. The van der Waals surface area contributed by atoms with Crippen LogP contribution in [0.4, 0.5) is 0 Å². The van der Waals surface area contributed by atoms with Crippen LogP contribution in [0.3, 0.4) is 0 Å². The standard InChI is InChI=1S/2C8H14O3.2C3H8O.Ti/c2*1-3-4-5-7(6(2)9)8(10)11;2*1-3(2)4;/h2*7H,3-5H2,1-2H3,(H,10,11);2*3-4H,1-2H3;/q;;;;+2/p-2. The summed E-state index contributed by atoms with van der Waals surface area (Å²) >= 11 is 0. The molecule has 2 N–H and O–H groups in total. The van der Waals surface area contributed by atoms with Gasteiger partial charge < -0.3 is 30.0 Å². The number of aliphatic hydroxyl groups is 2. The number of rotatable bonds is 10. The van der Waals surface area contributed by atoms with Crippen molar-refractivity contribution in [3.8, 4) is 0 Å². The zero-order valence-electron chi connectivity index (χ0n) is 20.4. The normalized spacial score (nSPS) is 11.2. The quantitative estimate of drug-likeness (QED) is 0.346. The van der Waals surface area contributed by atoms with Crippen LogP contribution in [-0.2, 0) is 40.9 Å². The van der Waals surface area contributed by atoms with Crippen molar-refractivity contribution in [3.63, 3.8) is 0 Å². The molecule has 0 aromatic heterocycles. The van der Waals surface area contributed by atoms with Crippen LogP contribution in [0, 0.1) is 11.8 Å². The summed E-state index contributed by atoms with van der Waals surface area (Å²) in [5, 5.41) is 36.7. The molecule has 31 heavy (non-hydrogen) atoms. The number of hydrogen-bond acceptors (Lipinski definition) is 8. The summed E-state index contributed by atoms with van der Waals surface area (Å²) in [6.07, 6.45) is 3.81. The number of Topliss-reactive ketones (excluding diaryl/α,β-unsaturated/α-hetero) is 2. The molecule has 0 aliphatic rings. The van der Waals surface area contributed by atoms with E-state index in [1.807, 2.05) is 13.8 Å². The molecule has 0 amide bonds. The molecule has 0 aromatic rings. The summed E-state index contributed by atoms with van der Waals surface area (Å²) in [5.74, 6) is -4.89. The molecular weight excluding hydrogens is 440 g/mol. The zero-order chi connectivity index (χ0) is 24.9. The maximum atomic E-state index is 10.7. The molecule has 0 heterocycles. The number of unbranched alkanes of at least 4 members (excludes halogenated alkanes) is 2. The first-order valence-electron chi connectivity index (χ1n) is 10.4. The number of carboxylic acid groups (broad SMARTS) is 2. The Hall–Kier alpha value is -1.09. The van der Waals surface area contributed by atoms with Crippen LogP contribution in [0.15, 0.2) is 0 Å². The van der Waals surface area contributed by atoms with E-state index >= 15 is 0 Å². The molecule has 0 aliphatic heterocycles. The van der Waals surface area contributed by atoms with Crippen molar-refractivity contribution in [1.29, 1.82) is 0 Å². The Labute approximate surface area is 202 Å². The van der Waals surface area contributed by atoms with Crippen LogP contribution in [0.5, 0.6) is 0 Å². The molecule has 0 saturated heterocycles. The fourth-order valence-corrected chi connectivity index (χ4v) is 1.79. The fourth-order valence-electron chi connectivity index (χ4n) is 1.79. The van der Waals surface area contributed by atoms with Crippen LogP contribution < -0.4 is 10.2 Å². The monoisotopic (exact) mass is 482 g/mol. The smallest absolute Gasteiger partial charge is 0.549 e. The van der Waals surface area contributed by atoms with Crippen molar-refractivity contribution in [2.45, 2.75) is 106 Å². The number of carboxylic acids is 2. The number of carbonyl (C=O) groups excluding carboxylic acids is 4. The maximum absolute atomic E-state index is 10.7. The summed E-state index contributed by atoms with van der Waals surface area (Å²) in [7, 11) is 0. The van der Waals surface area contributed by atoms with Crippen LogP contribution in [0.25, 0.3) is 0 Å². The van der Waals surface area contributed by atoms with Crippen molar-refractivity contribution in [1.82, 2.24) is 0 Å². The van der Waals surface area contributed by atoms with Gasteiger partial charge in [0.25, 0.3) is 0 Å². The Morgan fingerprint density at radius 1 is 0.677 bits per heavy atom. The first-order valence-corrected chi connectivity index (χ1v) is 10.4. The van der Waals surface area contributed by atoms with Gasteiger partial charge in [0.2, 0.25) is 0 Å². The van der Waals surface area contributed by atoms with Gasteiger partial charge in [-0.25, -0.2) is 0 Å². The maximum Gasteiger partial charge on any atom is 2.00 e. The molecule has 2 unspecified atom stereocenters. The van der Waals surface area contributed by atoms with E-state index < -0.39 is 23.8 Å². The molecular formula is C22H42O8Ti. The van der Waals surface area contributed by atoms with Crippen molar-refractivity contribution in [3.05, 3.63) is 0 Å². The topological polar surface area (TPSA) is 155 Å². The molecule has 0 rings (SSSR count). The van der Waals surface area contributed by atoms with E-state index in [1.165, 1.54) is 13.8 Å². The summed E-state index contributed by atoms with van der Waals surface area (Å²) < 4.78 is 0. The molecule has 182 valence electrons.